The second-order valence-electron chi connectivity index (χ2n) is 4.96. The Hall–Kier alpha value is -1.61. The Balaban J connectivity index is 2.07. The highest BCUT2D eigenvalue weighted by Crippen LogP contribution is 2.15. The highest BCUT2D eigenvalue weighted by atomic mass is 32.2. The highest BCUT2D eigenvalue weighted by molar-refractivity contribution is 7.89. The molecule has 0 radical (unpaired) electrons. The summed E-state index contributed by atoms with van der Waals surface area (Å²) in [5.74, 6) is 0. The van der Waals surface area contributed by atoms with Gasteiger partial charge in [-0.15, -0.1) is 0 Å². The number of nitrogens with one attached hydrogen (secondary N) is 1. The van der Waals surface area contributed by atoms with E-state index in [-0.39, 0.29) is 17.6 Å². The summed E-state index contributed by atoms with van der Waals surface area (Å²) in [7, 11) is -1.86. The monoisotopic (exact) mass is 315 g/mol. The van der Waals surface area contributed by atoms with Gasteiger partial charge >= 0.3 is 6.03 Å². The molecule has 1 aliphatic rings. The normalized spacial score (nSPS) is 17.5. The molecule has 0 aromatic carbocycles. The van der Waals surface area contributed by atoms with Crippen LogP contribution >= 0.6 is 0 Å². The van der Waals surface area contributed by atoms with Crippen LogP contribution in [0.25, 0.3) is 0 Å². The van der Waals surface area contributed by atoms with Gasteiger partial charge in [0.1, 0.15) is 0 Å². The lowest BCUT2D eigenvalue weighted by atomic mass is 10.4. The van der Waals surface area contributed by atoms with Gasteiger partial charge in [-0.3, -0.25) is 0 Å². The molecule has 21 heavy (non-hydrogen) atoms. The van der Waals surface area contributed by atoms with Crippen molar-refractivity contribution in [2.24, 2.45) is 7.05 Å². The highest BCUT2D eigenvalue weighted by Gasteiger charge is 2.29. The Kier molecular flexibility index (Phi) is 4.84. The van der Waals surface area contributed by atoms with Gasteiger partial charge in [-0.2, -0.15) is 4.31 Å². The van der Waals surface area contributed by atoms with Gasteiger partial charge in [0.2, 0.25) is 0 Å². The molecule has 1 N–H and O–H groups in total. The van der Waals surface area contributed by atoms with Crippen LogP contribution in [0.3, 0.4) is 0 Å². The standard InChI is InChI=1S/C12H21N5O3S/c1-3-13-12(18)16-5-4-6-17(8-7-16)21(19,20)11-9-15(2)10-14-11/h9-10H,3-8H2,1-2H3,(H,13,18). The zero-order chi connectivity index (χ0) is 15.5. The Labute approximate surface area is 124 Å². The smallest absolute Gasteiger partial charge is 0.317 e. The van der Waals surface area contributed by atoms with E-state index < -0.39 is 10.0 Å². The van der Waals surface area contributed by atoms with Crippen molar-refractivity contribution in [2.45, 2.75) is 18.4 Å². The Morgan fingerprint density at radius 3 is 2.71 bits per heavy atom. The molecule has 1 aliphatic heterocycles. The maximum absolute atomic E-state index is 12.5. The number of sulfonamides is 1. The van der Waals surface area contributed by atoms with Gasteiger partial charge in [0.25, 0.3) is 10.0 Å². The number of hydrogen-bond donors (Lipinski definition) is 1. The van der Waals surface area contributed by atoms with Gasteiger partial charge < -0.3 is 14.8 Å². The van der Waals surface area contributed by atoms with Crippen molar-refractivity contribution in [2.75, 3.05) is 32.7 Å². The molecular weight excluding hydrogens is 294 g/mol. The van der Waals surface area contributed by atoms with E-state index in [1.54, 1.807) is 16.5 Å². The summed E-state index contributed by atoms with van der Waals surface area (Å²) in [4.78, 5) is 17.4. The molecule has 9 heteroatoms. The second kappa shape index (κ2) is 6.44. The van der Waals surface area contributed by atoms with Crippen molar-refractivity contribution >= 4 is 16.1 Å². The maximum Gasteiger partial charge on any atom is 0.317 e. The molecule has 1 aromatic heterocycles. The van der Waals surface area contributed by atoms with Crippen LogP contribution in [0, 0.1) is 0 Å². The number of carbonyl (C=O) groups excluding carboxylic acids is 1. The van der Waals surface area contributed by atoms with Crippen molar-refractivity contribution in [1.82, 2.24) is 24.1 Å². The fourth-order valence-corrected chi connectivity index (χ4v) is 3.69. The summed E-state index contributed by atoms with van der Waals surface area (Å²) in [6, 6.07) is -0.144. The molecule has 0 atom stereocenters. The lowest BCUT2D eigenvalue weighted by Crippen LogP contribution is -2.42. The fraction of sp³-hybridized carbons (Fsp3) is 0.667. The van der Waals surface area contributed by atoms with Crippen LogP contribution in [0.4, 0.5) is 4.79 Å². The number of amides is 2. The number of rotatable bonds is 3. The SMILES string of the molecule is CCNC(=O)N1CCCN(S(=O)(=O)c2cn(C)cn2)CC1. The summed E-state index contributed by atoms with van der Waals surface area (Å²) in [5, 5.41) is 2.79. The third kappa shape index (κ3) is 3.53. The number of hydrogen-bond acceptors (Lipinski definition) is 4. The molecule has 2 rings (SSSR count). The van der Waals surface area contributed by atoms with E-state index in [0.29, 0.717) is 32.6 Å². The molecule has 2 amide bonds. The second-order valence-corrected chi connectivity index (χ2v) is 6.84. The molecule has 0 bridgehead atoms. The number of urea groups is 1. The van der Waals surface area contributed by atoms with E-state index in [0.717, 1.165) is 0 Å². The Morgan fingerprint density at radius 2 is 2.10 bits per heavy atom. The minimum Gasteiger partial charge on any atom is -0.339 e. The van der Waals surface area contributed by atoms with Crippen LogP contribution < -0.4 is 5.32 Å². The third-order valence-corrected chi connectivity index (χ3v) is 5.14. The van der Waals surface area contributed by atoms with Crippen LogP contribution in [0.2, 0.25) is 0 Å². The van der Waals surface area contributed by atoms with Crippen molar-refractivity contribution in [3.8, 4) is 0 Å². The molecule has 1 fully saturated rings. The van der Waals surface area contributed by atoms with E-state index in [1.165, 1.54) is 16.8 Å². The number of aromatic nitrogens is 2. The van der Waals surface area contributed by atoms with Gasteiger partial charge in [0, 0.05) is 46.0 Å². The first-order valence-corrected chi connectivity index (χ1v) is 8.40. The molecule has 0 aliphatic carbocycles. The van der Waals surface area contributed by atoms with Crippen LogP contribution in [-0.2, 0) is 17.1 Å². The number of aryl methyl sites for hydroxylation is 1. The van der Waals surface area contributed by atoms with Crippen LogP contribution in [0.15, 0.2) is 17.6 Å². The lowest BCUT2D eigenvalue weighted by molar-refractivity contribution is 0.201. The van der Waals surface area contributed by atoms with Crippen LogP contribution in [0.1, 0.15) is 13.3 Å². The summed E-state index contributed by atoms with van der Waals surface area (Å²) in [6.45, 7) is 4.04. The fourth-order valence-electron chi connectivity index (χ4n) is 2.25. The first-order valence-electron chi connectivity index (χ1n) is 6.96. The van der Waals surface area contributed by atoms with Gasteiger partial charge in [-0.25, -0.2) is 18.2 Å². The molecule has 2 heterocycles. The number of imidazole rings is 1. The van der Waals surface area contributed by atoms with E-state index in [2.05, 4.69) is 10.3 Å². The van der Waals surface area contributed by atoms with Crippen molar-refractivity contribution in [3.63, 3.8) is 0 Å². The number of nitrogens with zero attached hydrogens (tertiary/aromatic N) is 4. The molecule has 0 spiro atoms. The first-order chi connectivity index (χ1) is 9.95. The number of carbonyl (C=O) groups is 1. The summed E-state index contributed by atoms with van der Waals surface area (Å²) in [5.41, 5.74) is 0. The Bertz CT molecular complexity index is 598. The van der Waals surface area contributed by atoms with Crippen molar-refractivity contribution in [3.05, 3.63) is 12.5 Å². The van der Waals surface area contributed by atoms with Gasteiger partial charge in [-0.1, -0.05) is 0 Å². The third-order valence-electron chi connectivity index (χ3n) is 3.36. The first kappa shape index (κ1) is 15.8. The minimum atomic E-state index is -3.58. The summed E-state index contributed by atoms with van der Waals surface area (Å²) in [6.07, 6.45) is 3.57. The maximum atomic E-state index is 12.5. The van der Waals surface area contributed by atoms with Gasteiger partial charge in [0.05, 0.1) is 6.33 Å². The van der Waals surface area contributed by atoms with Gasteiger partial charge in [0.15, 0.2) is 5.03 Å². The quantitative estimate of drug-likeness (QED) is 0.840. The summed E-state index contributed by atoms with van der Waals surface area (Å²) >= 11 is 0. The average molecular weight is 315 g/mol. The summed E-state index contributed by atoms with van der Waals surface area (Å²) < 4.78 is 28.0. The molecule has 1 saturated heterocycles. The van der Waals surface area contributed by atoms with Crippen molar-refractivity contribution in [1.29, 1.82) is 0 Å². The predicted molar refractivity (Wildman–Crippen MR) is 77.2 cm³/mol. The molecule has 0 unspecified atom stereocenters. The average Bonchev–Trinajstić information content (AvgIpc) is 2.74. The van der Waals surface area contributed by atoms with E-state index in [9.17, 15) is 13.2 Å². The minimum absolute atomic E-state index is 0.0523. The van der Waals surface area contributed by atoms with E-state index in [1.807, 2.05) is 6.92 Å². The Morgan fingerprint density at radius 1 is 1.33 bits per heavy atom. The van der Waals surface area contributed by atoms with Crippen LogP contribution in [0.5, 0.6) is 0 Å². The molecular formula is C12H21N5O3S. The molecule has 118 valence electrons. The molecule has 0 saturated carbocycles. The lowest BCUT2D eigenvalue weighted by Gasteiger charge is -2.21. The molecule has 1 aromatic rings. The topological polar surface area (TPSA) is 87.5 Å². The molecule has 8 nitrogen and oxygen atoms in total. The van der Waals surface area contributed by atoms with Crippen LogP contribution in [-0.4, -0.2) is 65.9 Å². The predicted octanol–water partition coefficient (Wildman–Crippen LogP) is -0.154. The zero-order valence-corrected chi connectivity index (χ0v) is 13.1. The zero-order valence-electron chi connectivity index (χ0n) is 12.3. The van der Waals surface area contributed by atoms with E-state index >= 15 is 0 Å². The van der Waals surface area contributed by atoms with E-state index in [4.69, 9.17) is 0 Å². The van der Waals surface area contributed by atoms with Gasteiger partial charge in [-0.05, 0) is 13.3 Å². The largest absolute Gasteiger partial charge is 0.339 e. The van der Waals surface area contributed by atoms with Crippen molar-refractivity contribution < 1.29 is 13.2 Å².